The minimum atomic E-state index is -0.0419. The van der Waals surface area contributed by atoms with E-state index >= 15 is 0 Å². The highest BCUT2D eigenvalue weighted by Gasteiger charge is 2.47. The fourth-order valence-electron chi connectivity index (χ4n) is 2.17. The van der Waals surface area contributed by atoms with Crippen LogP contribution in [-0.2, 0) is 0 Å². The number of aliphatic hydroxyl groups is 1. The minimum Gasteiger partial charge on any atom is -0.382 e. The summed E-state index contributed by atoms with van der Waals surface area (Å²) in [5, 5.41) is 9.27. The van der Waals surface area contributed by atoms with Crippen LogP contribution in [0.3, 0.4) is 0 Å². The minimum absolute atomic E-state index is 0.0419. The van der Waals surface area contributed by atoms with Gasteiger partial charge in [0.25, 0.3) is 0 Å². The fourth-order valence-corrected chi connectivity index (χ4v) is 2.17. The van der Waals surface area contributed by atoms with Crippen molar-refractivity contribution >= 4 is 0 Å². The Labute approximate surface area is 69.4 Å². The highest BCUT2D eigenvalue weighted by atomic mass is 16.3. The molecule has 1 heterocycles. The molecule has 0 aromatic carbocycles. The molecule has 0 saturated carbocycles. The van der Waals surface area contributed by atoms with Crippen LogP contribution in [0.15, 0.2) is 0 Å². The van der Waals surface area contributed by atoms with Gasteiger partial charge in [0.15, 0.2) is 6.10 Å². The summed E-state index contributed by atoms with van der Waals surface area (Å²) < 4.78 is 1.10. The van der Waals surface area contributed by atoms with Gasteiger partial charge in [-0.3, -0.25) is 0 Å². The summed E-state index contributed by atoms with van der Waals surface area (Å²) >= 11 is 0. The van der Waals surface area contributed by atoms with Crippen molar-refractivity contribution in [1.82, 2.24) is 0 Å². The van der Waals surface area contributed by atoms with Gasteiger partial charge in [-0.2, -0.15) is 0 Å². The summed E-state index contributed by atoms with van der Waals surface area (Å²) in [6.45, 7) is 10.9. The second-order valence-corrected chi connectivity index (χ2v) is 4.31. The summed E-state index contributed by atoms with van der Waals surface area (Å²) in [5.74, 6) is 0. The van der Waals surface area contributed by atoms with E-state index < -0.39 is 0 Å². The van der Waals surface area contributed by atoms with Gasteiger partial charge in [-0.1, -0.05) is 0 Å². The highest BCUT2D eigenvalue weighted by Crippen LogP contribution is 2.28. The monoisotopic (exact) mass is 158 g/mol. The molecule has 0 spiro atoms. The molecular weight excluding hydrogens is 138 g/mol. The van der Waals surface area contributed by atoms with E-state index in [1.165, 1.54) is 0 Å². The molecular formula is C9H20NO+. The van der Waals surface area contributed by atoms with Crippen molar-refractivity contribution in [2.24, 2.45) is 0 Å². The van der Waals surface area contributed by atoms with Gasteiger partial charge in [0.05, 0.1) is 12.1 Å². The molecule has 2 nitrogen and oxygen atoms in total. The van der Waals surface area contributed by atoms with Gasteiger partial charge in [-0.15, -0.1) is 0 Å². The number of hydrogen-bond acceptors (Lipinski definition) is 1. The normalized spacial score (nSPS) is 24.3. The summed E-state index contributed by atoms with van der Waals surface area (Å²) in [7, 11) is 0. The molecule has 0 aliphatic carbocycles. The lowest BCUT2D eigenvalue weighted by Crippen LogP contribution is -2.72. The molecule has 0 atom stereocenters. The maximum Gasteiger partial charge on any atom is 0.152 e. The van der Waals surface area contributed by atoms with Crippen LogP contribution in [0.1, 0.15) is 27.7 Å². The highest BCUT2D eigenvalue weighted by molar-refractivity contribution is 4.71. The van der Waals surface area contributed by atoms with Crippen molar-refractivity contribution < 1.29 is 9.59 Å². The van der Waals surface area contributed by atoms with Crippen molar-refractivity contribution in [2.45, 2.75) is 45.9 Å². The lowest BCUT2D eigenvalue weighted by molar-refractivity contribution is -1.01. The zero-order valence-corrected chi connectivity index (χ0v) is 8.04. The molecule has 0 bridgehead atoms. The van der Waals surface area contributed by atoms with Gasteiger partial charge < -0.3 is 9.59 Å². The largest absolute Gasteiger partial charge is 0.382 e. The molecule has 0 amide bonds. The van der Waals surface area contributed by atoms with Crippen molar-refractivity contribution in [1.29, 1.82) is 0 Å². The van der Waals surface area contributed by atoms with Gasteiger partial charge in [-0.05, 0) is 27.7 Å². The second kappa shape index (κ2) is 2.76. The van der Waals surface area contributed by atoms with Gasteiger partial charge in [0.2, 0.25) is 0 Å². The van der Waals surface area contributed by atoms with Crippen LogP contribution >= 0.6 is 0 Å². The van der Waals surface area contributed by atoms with Crippen LogP contribution in [0.25, 0.3) is 0 Å². The quantitative estimate of drug-likeness (QED) is 0.594. The first-order chi connectivity index (χ1) is 4.99. The van der Waals surface area contributed by atoms with Crippen LogP contribution < -0.4 is 0 Å². The van der Waals surface area contributed by atoms with E-state index in [1.54, 1.807) is 0 Å². The molecule has 2 heteroatoms. The maximum atomic E-state index is 9.27. The Hall–Kier alpha value is -0.0800. The first kappa shape index (κ1) is 9.01. The molecule has 0 unspecified atom stereocenters. The number of quaternary nitrogens is 1. The van der Waals surface area contributed by atoms with E-state index in [9.17, 15) is 5.11 Å². The van der Waals surface area contributed by atoms with Crippen LogP contribution in [0, 0.1) is 0 Å². The molecule has 1 aliphatic heterocycles. The van der Waals surface area contributed by atoms with Crippen LogP contribution in [0.2, 0.25) is 0 Å². The predicted molar refractivity (Wildman–Crippen MR) is 46.3 cm³/mol. The Morgan fingerprint density at radius 2 is 1.45 bits per heavy atom. The summed E-state index contributed by atoms with van der Waals surface area (Å²) in [6.07, 6.45) is -0.0419. The predicted octanol–water partition coefficient (Wildman–Crippen LogP) is 0.994. The van der Waals surface area contributed by atoms with E-state index in [-0.39, 0.29) is 6.10 Å². The first-order valence-corrected chi connectivity index (χ1v) is 4.53. The Balaban J connectivity index is 2.61. The van der Waals surface area contributed by atoms with Crippen LogP contribution in [0.4, 0.5) is 0 Å². The smallest absolute Gasteiger partial charge is 0.152 e. The molecule has 0 radical (unpaired) electrons. The zero-order chi connectivity index (χ0) is 8.65. The maximum absolute atomic E-state index is 9.27. The van der Waals surface area contributed by atoms with Crippen LogP contribution in [0.5, 0.6) is 0 Å². The summed E-state index contributed by atoms with van der Waals surface area (Å²) in [6, 6.07) is 1.30. The Morgan fingerprint density at radius 1 is 1.09 bits per heavy atom. The van der Waals surface area contributed by atoms with E-state index in [0.717, 1.165) is 17.6 Å². The molecule has 1 aliphatic rings. The van der Waals surface area contributed by atoms with E-state index in [1.807, 2.05) is 0 Å². The number of nitrogens with zero attached hydrogens (tertiary/aromatic N) is 1. The third kappa shape index (κ3) is 1.30. The van der Waals surface area contributed by atoms with Crippen molar-refractivity contribution in [3.8, 4) is 0 Å². The average Bonchev–Trinajstić information content (AvgIpc) is 1.78. The molecule has 1 N–H and O–H groups in total. The van der Waals surface area contributed by atoms with Gasteiger partial charge in [0.1, 0.15) is 13.1 Å². The Bertz CT molecular complexity index is 126. The number of aliphatic hydroxyl groups excluding tert-OH is 1. The van der Waals surface area contributed by atoms with Crippen molar-refractivity contribution in [3.05, 3.63) is 0 Å². The number of likely N-dealkylation sites (tertiary alicyclic amines) is 1. The van der Waals surface area contributed by atoms with Crippen LogP contribution in [-0.4, -0.2) is 40.9 Å². The zero-order valence-electron chi connectivity index (χ0n) is 8.04. The number of hydrogen-bond donors (Lipinski definition) is 1. The van der Waals surface area contributed by atoms with Gasteiger partial charge in [-0.25, -0.2) is 0 Å². The lowest BCUT2D eigenvalue weighted by atomic mass is 9.99. The summed E-state index contributed by atoms with van der Waals surface area (Å²) in [4.78, 5) is 0. The van der Waals surface area contributed by atoms with E-state index in [4.69, 9.17) is 0 Å². The van der Waals surface area contributed by atoms with E-state index in [2.05, 4.69) is 27.7 Å². The van der Waals surface area contributed by atoms with E-state index in [0.29, 0.717) is 12.1 Å². The van der Waals surface area contributed by atoms with Crippen molar-refractivity contribution in [3.63, 3.8) is 0 Å². The molecule has 1 rings (SSSR count). The molecule has 1 saturated heterocycles. The van der Waals surface area contributed by atoms with Crippen molar-refractivity contribution in [2.75, 3.05) is 13.1 Å². The van der Waals surface area contributed by atoms with Gasteiger partial charge >= 0.3 is 0 Å². The molecule has 0 aromatic heterocycles. The molecule has 0 aromatic rings. The molecule has 66 valence electrons. The lowest BCUT2D eigenvalue weighted by Gasteiger charge is -2.54. The third-order valence-electron chi connectivity index (χ3n) is 3.16. The number of rotatable bonds is 2. The molecule has 1 fully saturated rings. The fraction of sp³-hybridized carbons (Fsp3) is 1.00. The second-order valence-electron chi connectivity index (χ2n) is 4.31. The Morgan fingerprint density at radius 3 is 1.55 bits per heavy atom. The SMILES string of the molecule is CC(C)[N+]1(C(C)C)CC(O)C1. The standard InChI is InChI=1S/C9H20NO/c1-7(2)10(8(3)4)5-9(11)6-10/h7-9,11H,5-6H2,1-4H3/q+1. The van der Waals surface area contributed by atoms with Gasteiger partial charge in [0, 0.05) is 0 Å². The summed E-state index contributed by atoms with van der Waals surface area (Å²) in [5.41, 5.74) is 0. The molecule has 11 heavy (non-hydrogen) atoms. The topological polar surface area (TPSA) is 20.2 Å². The third-order valence-corrected chi connectivity index (χ3v) is 3.16. The average molecular weight is 158 g/mol. The Kier molecular flexibility index (Phi) is 2.26. The first-order valence-electron chi connectivity index (χ1n) is 4.53.